The van der Waals surface area contributed by atoms with Gasteiger partial charge in [0.25, 0.3) is 0 Å². The summed E-state index contributed by atoms with van der Waals surface area (Å²) in [5.41, 5.74) is 2.42. The van der Waals surface area contributed by atoms with Crippen LogP contribution in [0, 0.1) is 6.92 Å². The number of allylic oxidation sites excluding steroid dienone is 2. The van der Waals surface area contributed by atoms with Crippen molar-refractivity contribution in [1.29, 1.82) is 0 Å². The van der Waals surface area contributed by atoms with Gasteiger partial charge in [-0.3, -0.25) is 0 Å². The molecule has 26 heavy (non-hydrogen) atoms. The molecule has 0 spiro atoms. The number of methoxy groups -OCH3 is 1. The number of fused-ring (bicyclic) bond motifs is 2. The average molecular weight is 373 g/mol. The zero-order chi connectivity index (χ0) is 18.8. The summed E-state index contributed by atoms with van der Waals surface area (Å²) in [5.74, 6) is 0.231. The molecule has 0 unspecified atom stereocenters. The summed E-state index contributed by atoms with van der Waals surface area (Å²) in [6, 6.07) is 5.59. The topological polar surface area (TPSA) is 61.8 Å². The van der Waals surface area contributed by atoms with E-state index in [-0.39, 0.29) is 0 Å². The minimum atomic E-state index is -0.813. The molecule has 0 bridgehead atoms. The fourth-order valence-corrected chi connectivity index (χ4v) is 3.21. The van der Waals surface area contributed by atoms with Gasteiger partial charge in [0.1, 0.15) is 11.5 Å². The van der Waals surface area contributed by atoms with Crippen LogP contribution >= 0.6 is 11.6 Å². The predicted octanol–water partition coefficient (Wildman–Crippen LogP) is 4.61. The largest absolute Gasteiger partial charge is 0.513 e. The van der Waals surface area contributed by atoms with Crippen molar-refractivity contribution in [3.8, 4) is 11.5 Å². The minimum absolute atomic E-state index is 0.373. The number of carbonyl (C=O) groups is 2. The number of benzene rings is 2. The molecule has 0 saturated carbocycles. The van der Waals surface area contributed by atoms with Crippen molar-refractivity contribution in [3.05, 3.63) is 58.7 Å². The van der Waals surface area contributed by atoms with Crippen molar-refractivity contribution in [1.82, 2.24) is 0 Å². The van der Waals surface area contributed by atoms with Gasteiger partial charge in [0.2, 0.25) is 0 Å². The third-order valence-electron chi connectivity index (χ3n) is 4.17. The summed E-state index contributed by atoms with van der Waals surface area (Å²) < 4.78 is 15.6. The maximum atomic E-state index is 11.9. The summed E-state index contributed by atoms with van der Waals surface area (Å²) in [5, 5.41) is 1.94. The van der Waals surface area contributed by atoms with Gasteiger partial charge in [-0.25, -0.2) is 9.59 Å². The third-order valence-corrected chi connectivity index (χ3v) is 4.46. The lowest BCUT2D eigenvalue weighted by Crippen LogP contribution is -2.14. The maximum Gasteiger partial charge on any atom is 0.513 e. The second kappa shape index (κ2) is 7.22. The molecule has 0 radical (unpaired) electrons. The highest BCUT2D eigenvalue weighted by Crippen LogP contribution is 2.45. The SMILES string of the molecule is C=CC(=O)Oc1c2c(c(OC(=O)OC)c3cc(C)ccc13)CC=C(Cl)C2. The Labute approximate surface area is 155 Å². The average Bonchev–Trinajstić information content (AvgIpc) is 2.63. The van der Waals surface area contributed by atoms with Crippen molar-refractivity contribution in [2.24, 2.45) is 0 Å². The van der Waals surface area contributed by atoms with E-state index < -0.39 is 12.1 Å². The first-order valence-corrected chi connectivity index (χ1v) is 8.35. The van der Waals surface area contributed by atoms with E-state index in [2.05, 4.69) is 11.3 Å². The Balaban J connectivity index is 2.34. The van der Waals surface area contributed by atoms with Crippen molar-refractivity contribution < 1.29 is 23.8 Å². The molecule has 0 fully saturated rings. The number of carbonyl (C=O) groups excluding carboxylic acids is 2. The Morgan fingerprint density at radius 1 is 1.15 bits per heavy atom. The normalized spacial score (nSPS) is 12.8. The van der Waals surface area contributed by atoms with Gasteiger partial charge in [-0.15, -0.1) is 0 Å². The van der Waals surface area contributed by atoms with Gasteiger partial charge in [0, 0.05) is 39.4 Å². The summed E-state index contributed by atoms with van der Waals surface area (Å²) >= 11 is 6.22. The molecule has 1 aliphatic rings. The van der Waals surface area contributed by atoms with Crippen LogP contribution in [0.2, 0.25) is 0 Å². The van der Waals surface area contributed by atoms with Gasteiger partial charge in [0.15, 0.2) is 0 Å². The molecule has 0 amide bonds. The lowest BCUT2D eigenvalue weighted by molar-refractivity contribution is -0.128. The van der Waals surface area contributed by atoms with Crippen LogP contribution in [0.25, 0.3) is 10.8 Å². The number of hydrogen-bond acceptors (Lipinski definition) is 5. The van der Waals surface area contributed by atoms with Crippen molar-refractivity contribution in [2.45, 2.75) is 19.8 Å². The standard InChI is InChI=1S/C20H17ClO5/c1-4-17(22)25-18-13-7-5-11(2)9-15(13)19(26-20(23)24-3)14-8-6-12(21)10-16(14)18/h4-7,9H,1,8,10H2,2-3H3. The van der Waals surface area contributed by atoms with Crippen LogP contribution in [0.5, 0.6) is 11.5 Å². The molecule has 6 heteroatoms. The Morgan fingerprint density at radius 2 is 1.88 bits per heavy atom. The highest BCUT2D eigenvalue weighted by Gasteiger charge is 2.26. The molecule has 1 aliphatic carbocycles. The molecule has 3 rings (SSSR count). The number of hydrogen-bond donors (Lipinski definition) is 0. The quantitative estimate of drug-likeness (QED) is 0.341. The van der Waals surface area contributed by atoms with Gasteiger partial charge in [-0.05, 0) is 19.4 Å². The van der Waals surface area contributed by atoms with E-state index in [1.54, 1.807) is 0 Å². The molecule has 2 aromatic carbocycles. The Kier molecular flexibility index (Phi) is 5.00. The molecule has 2 aromatic rings. The first-order valence-electron chi connectivity index (χ1n) is 7.97. The Morgan fingerprint density at radius 3 is 2.58 bits per heavy atom. The van der Waals surface area contributed by atoms with E-state index in [1.807, 2.05) is 31.2 Å². The maximum absolute atomic E-state index is 11.9. The van der Waals surface area contributed by atoms with E-state index in [0.29, 0.717) is 45.7 Å². The highest BCUT2D eigenvalue weighted by atomic mass is 35.5. The monoisotopic (exact) mass is 372 g/mol. The van der Waals surface area contributed by atoms with E-state index in [9.17, 15) is 9.59 Å². The summed E-state index contributed by atoms with van der Waals surface area (Å²) in [4.78, 5) is 23.7. The predicted molar refractivity (Wildman–Crippen MR) is 98.9 cm³/mol. The molecule has 134 valence electrons. The fraction of sp³-hybridized carbons (Fsp3) is 0.200. The smallest absolute Gasteiger partial charge is 0.437 e. The van der Waals surface area contributed by atoms with Crippen molar-refractivity contribution >= 4 is 34.5 Å². The van der Waals surface area contributed by atoms with Crippen LogP contribution in [0.15, 0.2) is 42.0 Å². The summed E-state index contributed by atoms with van der Waals surface area (Å²) in [6.45, 7) is 5.37. The van der Waals surface area contributed by atoms with Crippen LogP contribution in [0.4, 0.5) is 4.79 Å². The third kappa shape index (κ3) is 3.30. The van der Waals surface area contributed by atoms with E-state index in [4.69, 9.17) is 21.1 Å². The van der Waals surface area contributed by atoms with E-state index >= 15 is 0 Å². The van der Waals surface area contributed by atoms with Gasteiger partial charge in [-0.2, -0.15) is 0 Å². The lowest BCUT2D eigenvalue weighted by Gasteiger charge is -2.23. The number of aryl methyl sites for hydroxylation is 1. The highest BCUT2D eigenvalue weighted by molar-refractivity contribution is 6.30. The zero-order valence-corrected chi connectivity index (χ0v) is 15.2. The second-order valence-electron chi connectivity index (χ2n) is 5.88. The van der Waals surface area contributed by atoms with Crippen molar-refractivity contribution in [2.75, 3.05) is 7.11 Å². The van der Waals surface area contributed by atoms with Gasteiger partial charge < -0.3 is 14.2 Å². The van der Waals surface area contributed by atoms with Gasteiger partial charge in [0.05, 0.1) is 7.11 Å². The van der Waals surface area contributed by atoms with Crippen molar-refractivity contribution in [3.63, 3.8) is 0 Å². The Bertz CT molecular complexity index is 959. The van der Waals surface area contributed by atoms with Gasteiger partial charge >= 0.3 is 12.1 Å². The lowest BCUT2D eigenvalue weighted by atomic mass is 9.90. The van der Waals surface area contributed by atoms with Crippen LogP contribution in [0.1, 0.15) is 16.7 Å². The first kappa shape index (κ1) is 18.0. The molecule has 0 N–H and O–H groups in total. The van der Waals surface area contributed by atoms with Crippen LogP contribution in [0.3, 0.4) is 0 Å². The van der Waals surface area contributed by atoms with E-state index in [1.165, 1.54) is 7.11 Å². The molecule has 0 saturated heterocycles. The fourth-order valence-electron chi connectivity index (χ4n) is 3.00. The van der Waals surface area contributed by atoms with Crippen LogP contribution < -0.4 is 9.47 Å². The number of ether oxygens (including phenoxy) is 3. The van der Waals surface area contributed by atoms with Crippen LogP contribution in [-0.4, -0.2) is 19.2 Å². The van der Waals surface area contributed by atoms with Gasteiger partial charge in [-0.1, -0.05) is 42.0 Å². The van der Waals surface area contributed by atoms with Crippen LogP contribution in [-0.2, 0) is 22.4 Å². The first-order chi connectivity index (χ1) is 12.4. The second-order valence-corrected chi connectivity index (χ2v) is 6.36. The number of esters is 1. The zero-order valence-electron chi connectivity index (χ0n) is 14.4. The summed E-state index contributed by atoms with van der Waals surface area (Å²) in [7, 11) is 1.25. The molecule has 5 nitrogen and oxygen atoms in total. The van der Waals surface area contributed by atoms with E-state index in [0.717, 1.165) is 17.2 Å². The molecule has 0 aliphatic heterocycles. The molecular weight excluding hydrogens is 356 g/mol. The summed E-state index contributed by atoms with van der Waals surface area (Å²) in [6.07, 6.45) is 2.95. The molecule has 0 heterocycles. The molecular formula is C20H17ClO5. The number of halogens is 1. The minimum Gasteiger partial charge on any atom is -0.437 e. The molecule has 0 atom stereocenters. The Hall–Kier alpha value is -2.79. The number of rotatable bonds is 3. The molecule has 0 aromatic heterocycles.